The van der Waals surface area contributed by atoms with Crippen molar-refractivity contribution in [3.05, 3.63) is 65.5 Å². The first kappa shape index (κ1) is 21.4. The molecule has 3 heterocycles. The van der Waals surface area contributed by atoms with Crippen LogP contribution in [0.4, 0.5) is 0 Å². The Bertz CT molecular complexity index is 1080. The standard InChI is InChI=1S/C27H34N4O/c1-19(2)18-31-24-7-4-3-6-23(24)29-26(31)16-20-9-11-21(12-10-20)27(32)25-8-5-15-30(25)22-13-14-28-17-22/h3-4,6-7,9-12,19,22,25,28H,5,8,13-18H2,1-2H3. The highest BCUT2D eigenvalue weighted by atomic mass is 16.1. The number of rotatable bonds is 7. The van der Waals surface area contributed by atoms with Crippen molar-refractivity contribution >= 4 is 16.8 Å². The Labute approximate surface area is 190 Å². The number of hydrogen-bond donors (Lipinski definition) is 1. The van der Waals surface area contributed by atoms with Crippen molar-refractivity contribution in [3.63, 3.8) is 0 Å². The van der Waals surface area contributed by atoms with Gasteiger partial charge in [0.15, 0.2) is 5.78 Å². The second-order valence-corrected chi connectivity index (χ2v) is 9.80. The molecule has 0 saturated carbocycles. The van der Waals surface area contributed by atoms with Gasteiger partial charge in [0.25, 0.3) is 0 Å². The van der Waals surface area contributed by atoms with E-state index in [1.165, 1.54) is 11.1 Å². The van der Waals surface area contributed by atoms with Crippen molar-refractivity contribution in [1.29, 1.82) is 0 Å². The van der Waals surface area contributed by atoms with Crippen LogP contribution in [0.2, 0.25) is 0 Å². The maximum absolute atomic E-state index is 13.3. The third kappa shape index (κ3) is 4.24. The molecule has 2 atom stereocenters. The van der Waals surface area contributed by atoms with E-state index in [1.54, 1.807) is 0 Å². The molecular weight excluding hydrogens is 396 g/mol. The molecule has 1 aromatic heterocycles. The summed E-state index contributed by atoms with van der Waals surface area (Å²) in [6.07, 6.45) is 4.03. The molecule has 0 radical (unpaired) electrons. The summed E-state index contributed by atoms with van der Waals surface area (Å²) in [5, 5.41) is 3.44. The lowest BCUT2D eigenvalue weighted by Crippen LogP contribution is -2.44. The van der Waals surface area contributed by atoms with Crippen LogP contribution in [0.15, 0.2) is 48.5 Å². The van der Waals surface area contributed by atoms with E-state index in [1.807, 2.05) is 18.2 Å². The molecular formula is C27H34N4O. The van der Waals surface area contributed by atoms with Gasteiger partial charge in [-0.25, -0.2) is 4.98 Å². The minimum atomic E-state index is 0.0426. The molecule has 2 aliphatic rings. The minimum absolute atomic E-state index is 0.0426. The van der Waals surface area contributed by atoms with E-state index in [4.69, 9.17) is 4.98 Å². The van der Waals surface area contributed by atoms with Gasteiger partial charge in [-0.3, -0.25) is 9.69 Å². The zero-order chi connectivity index (χ0) is 22.1. The monoisotopic (exact) mass is 430 g/mol. The van der Waals surface area contributed by atoms with Crippen LogP contribution in [0.3, 0.4) is 0 Å². The van der Waals surface area contributed by atoms with E-state index >= 15 is 0 Å². The Morgan fingerprint density at radius 1 is 1.12 bits per heavy atom. The van der Waals surface area contributed by atoms with Crippen molar-refractivity contribution in [2.24, 2.45) is 5.92 Å². The summed E-state index contributed by atoms with van der Waals surface area (Å²) in [7, 11) is 0. The summed E-state index contributed by atoms with van der Waals surface area (Å²) in [6, 6.07) is 17.2. The normalized spacial score (nSPS) is 21.7. The first-order valence-electron chi connectivity index (χ1n) is 12.1. The molecule has 0 amide bonds. The van der Waals surface area contributed by atoms with Crippen molar-refractivity contribution in [1.82, 2.24) is 19.8 Å². The van der Waals surface area contributed by atoms with Gasteiger partial charge in [0.2, 0.25) is 0 Å². The number of nitrogens with one attached hydrogen (secondary N) is 1. The highest BCUT2D eigenvalue weighted by Gasteiger charge is 2.36. The maximum atomic E-state index is 13.3. The number of imidazole rings is 1. The number of nitrogens with zero attached hydrogens (tertiary/aromatic N) is 3. The fourth-order valence-electron chi connectivity index (χ4n) is 5.42. The summed E-state index contributed by atoms with van der Waals surface area (Å²) in [6.45, 7) is 8.57. The van der Waals surface area contributed by atoms with Gasteiger partial charge >= 0.3 is 0 Å². The summed E-state index contributed by atoms with van der Waals surface area (Å²) in [4.78, 5) is 20.7. The zero-order valence-electron chi connectivity index (χ0n) is 19.3. The molecule has 5 nitrogen and oxygen atoms in total. The van der Waals surface area contributed by atoms with Crippen LogP contribution >= 0.6 is 0 Å². The lowest BCUT2D eigenvalue weighted by atomic mass is 9.99. The van der Waals surface area contributed by atoms with E-state index in [9.17, 15) is 4.79 Å². The highest BCUT2D eigenvalue weighted by Crippen LogP contribution is 2.26. The molecule has 5 heteroatoms. The van der Waals surface area contributed by atoms with Gasteiger partial charge in [-0.2, -0.15) is 0 Å². The van der Waals surface area contributed by atoms with Gasteiger partial charge in [0, 0.05) is 31.1 Å². The van der Waals surface area contributed by atoms with Crippen LogP contribution < -0.4 is 5.32 Å². The highest BCUT2D eigenvalue weighted by molar-refractivity contribution is 6.00. The van der Waals surface area contributed by atoms with Crippen molar-refractivity contribution < 1.29 is 4.79 Å². The van der Waals surface area contributed by atoms with Crippen molar-refractivity contribution in [2.45, 2.75) is 58.2 Å². The third-order valence-electron chi connectivity index (χ3n) is 6.98. The SMILES string of the molecule is CC(C)Cn1c(Cc2ccc(C(=O)C3CCCN3C3CCNC3)cc2)nc2ccccc21. The van der Waals surface area contributed by atoms with Gasteiger partial charge in [0.1, 0.15) is 5.82 Å². The smallest absolute Gasteiger partial charge is 0.179 e. The molecule has 32 heavy (non-hydrogen) atoms. The molecule has 1 N–H and O–H groups in total. The molecule has 2 saturated heterocycles. The van der Waals surface area contributed by atoms with E-state index in [0.29, 0.717) is 12.0 Å². The maximum Gasteiger partial charge on any atom is 0.179 e. The molecule has 3 aromatic rings. The lowest BCUT2D eigenvalue weighted by Gasteiger charge is -2.29. The van der Waals surface area contributed by atoms with Gasteiger partial charge in [-0.05, 0) is 56.0 Å². The van der Waals surface area contributed by atoms with E-state index in [0.717, 1.165) is 68.8 Å². The molecule has 2 fully saturated rings. The van der Waals surface area contributed by atoms with Crippen LogP contribution in [0.25, 0.3) is 11.0 Å². The van der Waals surface area contributed by atoms with Crippen LogP contribution in [0, 0.1) is 5.92 Å². The Morgan fingerprint density at radius 2 is 1.94 bits per heavy atom. The van der Waals surface area contributed by atoms with Gasteiger partial charge in [-0.15, -0.1) is 0 Å². The Hall–Kier alpha value is -2.50. The fourth-order valence-corrected chi connectivity index (χ4v) is 5.42. The summed E-state index contributed by atoms with van der Waals surface area (Å²) < 4.78 is 2.35. The number of aromatic nitrogens is 2. The fraction of sp³-hybridized carbons (Fsp3) is 0.481. The van der Waals surface area contributed by atoms with Crippen LogP contribution in [-0.2, 0) is 13.0 Å². The number of hydrogen-bond acceptors (Lipinski definition) is 4. The zero-order valence-corrected chi connectivity index (χ0v) is 19.3. The van der Waals surface area contributed by atoms with Crippen molar-refractivity contribution in [3.8, 4) is 0 Å². The summed E-state index contributed by atoms with van der Waals surface area (Å²) >= 11 is 0. The number of carbonyl (C=O) groups excluding carboxylic acids is 1. The number of fused-ring (bicyclic) bond motifs is 1. The number of Topliss-reactive ketones (excluding diaryl/α,β-unsaturated/α-hetero) is 1. The predicted molar refractivity (Wildman–Crippen MR) is 129 cm³/mol. The van der Waals surface area contributed by atoms with Crippen LogP contribution in [0.1, 0.15) is 54.9 Å². The van der Waals surface area contributed by atoms with E-state index in [-0.39, 0.29) is 11.8 Å². The molecule has 2 aromatic carbocycles. The Morgan fingerprint density at radius 3 is 2.69 bits per heavy atom. The molecule has 0 aliphatic carbocycles. The molecule has 168 valence electrons. The molecule has 2 unspecified atom stereocenters. The number of ketones is 1. The van der Waals surface area contributed by atoms with E-state index < -0.39 is 0 Å². The summed E-state index contributed by atoms with van der Waals surface area (Å²) in [5.74, 6) is 1.93. The first-order chi connectivity index (χ1) is 15.6. The number of benzene rings is 2. The quantitative estimate of drug-likeness (QED) is 0.568. The molecule has 0 bridgehead atoms. The number of likely N-dealkylation sites (tertiary alicyclic amines) is 1. The predicted octanol–water partition coefficient (Wildman–Crippen LogP) is 4.29. The number of carbonyl (C=O) groups is 1. The largest absolute Gasteiger partial charge is 0.327 e. The average Bonchev–Trinajstić information content (AvgIpc) is 3.54. The van der Waals surface area contributed by atoms with Gasteiger partial charge in [0.05, 0.1) is 17.1 Å². The van der Waals surface area contributed by atoms with Gasteiger partial charge < -0.3 is 9.88 Å². The lowest BCUT2D eigenvalue weighted by molar-refractivity contribution is 0.0826. The molecule has 2 aliphatic heterocycles. The van der Waals surface area contributed by atoms with Crippen molar-refractivity contribution in [2.75, 3.05) is 19.6 Å². The second kappa shape index (κ2) is 9.16. The second-order valence-electron chi connectivity index (χ2n) is 9.80. The topological polar surface area (TPSA) is 50.2 Å². The number of para-hydroxylation sites is 2. The van der Waals surface area contributed by atoms with E-state index in [2.05, 4.69) is 59.0 Å². The minimum Gasteiger partial charge on any atom is -0.327 e. The first-order valence-corrected chi connectivity index (χ1v) is 12.1. The van der Waals surface area contributed by atoms with Gasteiger partial charge in [-0.1, -0.05) is 50.2 Å². The third-order valence-corrected chi connectivity index (χ3v) is 6.98. The average molecular weight is 431 g/mol. The Balaban J connectivity index is 1.34. The van der Waals surface area contributed by atoms with Crippen LogP contribution in [0.5, 0.6) is 0 Å². The Kier molecular flexibility index (Phi) is 6.11. The molecule has 0 spiro atoms. The van der Waals surface area contributed by atoms with Crippen LogP contribution in [-0.4, -0.2) is 52.0 Å². The summed E-state index contributed by atoms with van der Waals surface area (Å²) in [5.41, 5.74) is 4.29. The molecule has 5 rings (SSSR count).